The van der Waals surface area contributed by atoms with Crippen molar-refractivity contribution in [1.82, 2.24) is 10.6 Å². The SMILES string of the molecule is CCNCCC(=O)NCC(CC)(CC)C(=O)O. The maximum absolute atomic E-state index is 11.5. The molecule has 0 bridgehead atoms. The number of carboxylic acids is 1. The van der Waals surface area contributed by atoms with Crippen molar-refractivity contribution in [2.45, 2.75) is 40.0 Å². The van der Waals surface area contributed by atoms with Gasteiger partial charge in [0, 0.05) is 19.5 Å². The number of aliphatic carboxylic acids is 1. The third-order valence-corrected chi connectivity index (χ3v) is 3.21. The van der Waals surface area contributed by atoms with E-state index in [1.807, 2.05) is 20.8 Å². The lowest BCUT2D eigenvalue weighted by Gasteiger charge is -2.26. The van der Waals surface area contributed by atoms with Crippen molar-refractivity contribution in [3.05, 3.63) is 0 Å². The van der Waals surface area contributed by atoms with Crippen LogP contribution in [0, 0.1) is 5.41 Å². The highest BCUT2D eigenvalue weighted by atomic mass is 16.4. The minimum Gasteiger partial charge on any atom is -0.481 e. The Labute approximate surface area is 103 Å². The second-order valence-electron chi connectivity index (χ2n) is 4.17. The van der Waals surface area contributed by atoms with E-state index in [9.17, 15) is 14.7 Å². The van der Waals surface area contributed by atoms with Crippen molar-refractivity contribution in [3.8, 4) is 0 Å². The molecule has 0 fully saturated rings. The molecule has 0 aromatic heterocycles. The van der Waals surface area contributed by atoms with E-state index in [1.54, 1.807) is 0 Å². The van der Waals surface area contributed by atoms with E-state index in [-0.39, 0.29) is 12.5 Å². The lowest BCUT2D eigenvalue weighted by Crippen LogP contribution is -2.42. The molecule has 5 heteroatoms. The summed E-state index contributed by atoms with van der Waals surface area (Å²) in [5.74, 6) is -0.937. The first kappa shape index (κ1) is 15.9. The Bertz CT molecular complexity index is 250. The van der Waals surface area contributed by atoms with Gasteiger partial charge in [-0.15, -0.1) is 0 Å². The van der Waals surface area contributed by atoms with Gasteiger partial charge in [0.15, 0.2) is 0 Å². The third kappa shape index (κ3) is 5.17. The number of carboxylic acid groups (broad SMARTS) is 1. The molecule has 17 heavy (non-hydrogen) atoms. The minimum absolute atomic E-state index is 0.0986. The number of hydrogen-bond donors (Lipinski definition) is 3. The van der Waals surface area contributed by atoms with Gasteiger partial charge in [-0.05, 0) is 19.4 Å². The quantitative estimate of drug-likeness (QED) is 0.529. The number of hydrogen-bond acceptors (Lipinski definition) is 3. The molecule has 0 atom stereocenters. The van der Waals surface area contributed by atoms with Crippen LogP contribution >= 0.6 is 0 Å². The highest BCUT2D eigenvalue weighted by molar-refractivity contribution is 5.79. The smallest absolute Gasteiger partial charge is 0.311 e. The Morgan fingerprint density at radius 2 is 1.76 bits per heavy atom. The van der Waals surface area contributed by atoms with Gasteiger partial charge in [0.05, 0.1) is 5.41 Å². The maximum Gasteiger partial charge on any atom is 0.311 e. The summed E-state index contributed by atoms with van der Waals surface area (Å²) in [7, 11) is 0. The summed E-state index contributed by atoms with van der Waals surface area (Å²) in [6.45, 7) is 7.31. The number of carbonyl (C=O) groups excluding carboxylic acids is 1. The standard InChI is InChI=1S/C12H24N2O3/c1-4-12(5-2,11(16)17)9-14-10(15)7-8-13-6-3/h13H,4-9H2,1-3H3,(H,14,15)(H,16,17). The van der Waals surface area contributed by atoms with Crippen LogP contribution < -0.4 is 10.6 Å². The Morgan fingerprint density at radius 1 is 1.18 bits per heavy atom. The normalized spacial score (nSPS) is 11.2. The van der Waals surface area contributed by atoms with E-state index in [1.165, 1.54) is 0 Å². The number of nitrogens with one attached hydrogen (secondary N) is 2. The second-order valence-corrected chi connectivity index (χ2v) is 4.17. The summed E-state index contributed by atoms with van der Waals surface area (Å²) in [4.78, 5) is 22.7. The van der Waals surface area contributed by atoms with E-state index in [0.29, 0.717) is 25.8 Å². The number of carbonyl (C=O) groups is 2. The lowest BCUT2D eigenvalue weighted by atomic mass is 9.82. The molecule has 0 aromatic rings. The Hall–Kier alpha value is -1.10. The highest BCUT2D eigenvalue weighted by Crippen LogP contribution is 2.25. The van der Waals surface area contributed by atoms with Crippen LogP contribution in [0.2, 0.25) is 0 Å². The van der Waals surface area contributed by atoms with Crippen LogP contribution in [0.5, 0.6) is 0 Å². The van der Waals surface area contributed by atoms with E-state index < -0.39 is 11.4 Å². The fourth-order valence-corrected chi connectivity index (χ4v) is 1.61. The lowest BCUT2D eigenvalue weighted by molar-refractivity contribution is -0.149. The van der Waals surface area contributed by atoms with Crippen molar-refractivity contribution in [2.75, 3.05) is 19.6 Å². The average molecular weight is 244 g/mol. The average Bonchev–Trinajstić information content (AvgIpc) is 2.31. The van der Waals surface area contributed by atoms with Crippen LogP contribution in [0.1, 0.15) is 40.0 Å². The Kier molecular flexibility index (Phi) is 7.54. The van der Waals surface area contributed by atoms with Gasteiger partial charge in [-0.2, -0.15) is 0 Å². The molecule has 1 amide bonds. The molecule has 0 rings (SSSR count). The first-order valence-corrected chi connectivity index (χ1v) is 6.23. The van der Waals surface area contributed by atoms with E-state index in [2.05, 4.69) is 10.6 Å². The van der Waals surface area contributed by atoms with Gasteiger partial charge in [0.2, 0.25) is 5.91 Å². The molecule has 0 aliphatic rings. The predicted molar refractivity (Wildman–Crippen MR) is 66.8 cm³/mol. The van der Waals surface area contributed by atoms with Crippen LogP contribution in [-0.2, 0) is 9.59 Å². The molecule has 5 nitrogen and oxygen atoms in total. The molecular formula is C12H24N2O3. The molecular weight excluding hydrogens is 220 g/mol. The van der Waals surface area contributed by atoms with Gasteiger partial charge in [-0.3, -0.25) is 9.59 Å². The minimum atomic E-state index is -0.838. The topological polar surface area (TPSA) is 78.4 Å². The summed E-state index contributed by atoms with van der Waals surface area (Å²) >= 11 is 0. The fraction of sp³-hybridized carbons (Fsp3) is 0.833. The number of amides is 1. The second kappa shape index (κ2) is 8.06. The fourth-order valence-electron chi connectivity index (χ4n) is 1.61. The molecule has 100 valence electrons. The van der Waals surface area contributed by atoms with E-state index in [4.69, 9.17) is 0 Å². The first-order valence-electron chi connectivity index (χ1n) is 6.23. The summed E-state index contributed by atoms with van der Waals surface area (Å²) < 4.78 is 0. The van der Waals surface area contributed by atoms with Gasteiger partial charge in [-0.25, -0.2) is 0 Å². The first-order chi connectivity index (χ1) is 8.02. The predicted octanol–water partition coefficient (Wildman–Crippen LogP) is 0.993. The van der Waals surface area contributed by atoms with Crippen LogP contribution in [0.25, 0.3) is 0 Å². The zero-order chi connectivity index (χ0) is 13.3. The van der Waals surface area contributed by atoms with Crippen molar-refractivity contribution < 1.29 is 14.7 Å². The van der Waals surface area contributed by atoms with Gasteiger partial charge in [0.1, 0.15) is 0 Å². The van der Waals surface area contributed by atoms with Crippen LogP contribution in [-0.4, -0.2) is 36.6 Å². The van der Waals surface area contributed by atoms with Crippen molar-refractivity contribution in [3.63, 3.8) is 0 Å². The Morgan fingerprint density at radius 3 is 2.18 bits per heavy atom. The Balaban J connectivity index is 4.13. The number of rotatable bonds is 9. The van der Waals surface area contributed by atoms with Crippen LogP contribution in [0.15, 0.2) is 0 Å². The summed E-state index contributed by atoms with van der Waals surface area (Å²) in [6.07, 6.45) is 1.43. The van der Waals surface area contributed by atoms with E-state index in [0.717, 1.165) is 6.54 Å². The summed E-state index contributed by atoms with van der Waals surface area (Å²) in [5, 5.41) is 14.9. The molecule has 0 radical (unpaired) electrons. The zero-order valence-electron chi connectivity index (χ0n) is 11.0. The van der Waals surface area contributed by atoms with E-state index >= 15 is 0 Å². The van der Waals surface area contributed by atoms with Crippen LogP contribution in [0.3, 0.4) is 0 Å². The molecule has 0 saturated carbocycles. The van der Waals surface area contributed by atoms with Gasteiger partial charge >= 0.3 is 5.97 Å². The summed E-state index contributed by atoms with van der Waals surface area (Å²) in [6, 6.07) is 0. The monoisotopic (exact) mass is 244 g/mol. The molecule has 0 heterocycles. The molecule has 0 unspecified atom stereocenters. The van der Waals surface area contributed by atoms with Crippen molar-refractivity contribution in [2.24, 2.45) is 5.41 Å². The van der Waals surface area contributed by atoms with Gasteiger partial charge in [-0.1, -0.05) is 20.8 Å². The van der Waals surface area contributed by atoms with Crippen molar-refractivity contribution >= 4 is 11.9 Å². The molecule has 0 aromatic carbocycles. The van der Waals surface area contributed by atoms with Crippen molar-refractivity contribution in [1.29, 1.82) is 0 Å². The molecule has 0 aliphatic carbocycles. The molecule has 0 spiro atoms. The van der Waals surface area contributed by atoms with Gasteiger partial charge in [0.25, 0.3) is 0 Å². The maximum atomic E-state index is 11.5. The molecule has 0 saturated heterocycles. The van der Waals surface area contributed by atoms with Crippen LogP contribution in [0.4, 0.5) is 0 Å². The largest absolute Gasteiger partial charge is 0.481 e. The third-order valence-electron chi connectivity index (χ3n) is 3.21. The highest BCUT2D eigenvalue weighted by Gasteiger charge is 2.34. The molecule has 3 N–H and O–H groups in total. The van der Waals surface area contributed by atoms with Gasteiger partial charge < -0.3 is 15.7 Å². The molecule has 0 aliphatic heterocycles. The zero-order valence-corrected chi connectivity index (χ0v) is 11.0. The summed E-state index contributed by atoms with van der Waals surface area (Å²) in [5.41, 5.74) is -0.826.